The Morgan fingerprint density at radius 1 is 0.833 bits per heavy atom. The number of ether oxygens (including phenoxy) is 2. The van der Waals surface area contributed by atoms with E-state index in [1.807, 2.05) is 104 Å². The van der Waals surface area contributed by atoms with Crippen molar-refractivity contribution in [2.75, 3.05) is 0 Å². The maximum absolute atomic E-state index is 13.5. The van der Waals surface area contributed by atoms with Gasteiger partial charge in [-0.3, -0.25) is 0 Å². The second kappa shape index (κ2) is 10.6. The van der Waals surface area contributed by atoms with Crippen LogP contribution in [0.3, 0.4) is 0 Å². The summed E-state index contributed by atoms with van der Waals surface area (Å²) in [4.78, 5) is 13.5. The number of allylic oxidation sites excluding steroid dienone is 1. The van der Waals surface area contributed by atoms with Gasteiger partial charge in [0.05, 0.1) is 11.6 Å². The smallest absolute Gasteiger partial charge is 0.338 e. The van der Waals surface area contributed by atoms with Crippen LogP contribution in [0.25, 0.3) is 10.8 Å². The quantitative estimate of drug-likeness (QED) is 0.244. The van der Waals surface area contributed by atoms with Crippen LogP contribution in [0.4, 0.5) is 0 Å². The van der Waals surface area contributed by atoms with Crippen LogP contribution >= 0.6 is 12.2 Å². The minimum atomic E-state index is -0.543. The number of thiocarbonyl (C=S) groups is 1. The van der Waals surface area contributed by atoms with Crippen molar-refractivity contribution < 1.29 is 14.3 Å². The highest BCUT2D eigenvalue weighted by atomic mass is 32.1. The van der Waals surface area contributed by atoms with Gasteiger partial charge in [0.15, 0.2) is 5.11 Å². The van der Waals surface area contributed by atoms with Gasteiger partial charge in [-0.15, -0.1) is 0 Å². The van der Waals surface area contributed by atoms with Crippen molar-refractivity contribution in [1.29, 1.82) is 0 Å². The maximum atomic E-state index is 13.5. The molecule has 0 spiro atoms. The molecule has 0 amide bonds. The summed E-state index contributed by atoms with van der Waals surface area (Å²) in [6.07, 6.45) is 0. The first-order valence-electron chi connectivity index (χ1n) is 11.8. The van der Waals surface area contributed by atoms with Gasteiger partial charge in [-0.1, -0.05) is 91.0 Å². The van der Waals surface area contributed by atoms with Crippen LogP contribution in [-0.4, -0.2) is 11.1 Å². The number of carbonyl (C=O) groups is 1. The normalized spacial score (nSPS) is 15.2. The Kier molecular flexibility index (Phi) is 6.96. The van der Waals surface area contributed by atoms with Crippen molar-refractivity contribution in [1.82, 2.24) is 10.6 Å². The van der Waals surface area contributed by atoms with Gasteiger partial charge in [0, 0.05) is 11.3 Å². The lowest BCUT2D eigenvalue weighted by Gasteiger charge is -2.31. The molecule has 5 nitrogen and oxygen atoms in total. The molecule has 0 unspecified atom stereocenters. The first-order chi connectivity index (χ1) is 17.6. The first-order valence-corrected chi connectivity index (χ1v) is 12.2. The van der Waals surface area contributed by atoms with E-state index in [9.17, 15) is 4.79 Å². The number of fused-ring (bicyclic) bond motifs is 1. The molecular weight excluding hydrogens is 468 g/mol. The molecule has 0 aliphatic carbocycles. The van der Waals surface area contributed by atoms with Crippen molar-refractivity contribution in [3.8, 4) is 5.75 Å². The number of carbonyl (C=O) groups excluding carboxylic acids is 1. The summed E-state index contributed by atoms with van der Waals surface area (Å²) in [5, 5.41) is 8.86. The highest BCUT2D eigenvalue weighted by molar-refractivity contribution is 7.80. The second-order valence-electron chi connectivity index (χ2n) is 8.60. The average molecular weight is 495 g/mol. The minimum Gasteiger partial charge on any atom is -0.489 e. The fraction of sp³-hybridized carbons (Fsp3) is 0.133. The zero-order valence-corrected chi connectivity index (χ0v) is 20.7. The number of nitrogens with one attached hydrogen (secondary N) is 2. The molecule has 36 heavy (non-hydrogen) atoms. The molecule has 1 aliphatic rings. The highest BCUT2D eigenvalue weighted by Crippen LogP contribution is 2.39. The average Bonchev–Trinajstić information content (AvgIpc) is 2.91. The third-order valence-corrected chi connectivity index (χ3v) is 6.38. The van der Waals surface area contributed by atoms with Crippen molar-refractivity contribution in [2.45, 2.75) is 26.2 Å². The van der Waals surface area contributed by atoms with E-state index in [-0.39, 0.29) is 6.61 Å². The Bertz CT molecular complexity index is 1430. The van der Waals surface area contributed by atoms with Gasteiger partial charge in [0.2, 0.25) is 0 Å². The SMILES string of the molecule is CC1=C(C(=O)OCc2ccccc2)[C@H](c2c(OCc3ccccc3)ccc3ccccc23)NC(=S)N1. The van der Waals surface area contributed by atoms with Crippen molar-refractivity contribution in [3.63, 3.8) is 0 Å². The van der Waals surface area contributed by atoms with Crippen LogP contribution in [0.2, 0.25) is 0 Å². The van der Waals surface area contributed by atoms with Gasteiger partial charge in [0.25, 0.3) is 0 Å². The first kappa shape index (κ1) is 23.6. The summed E-state index contributed by atoms with van der Waals surface area (Å²) in [6, 6.07) is 31.1. The molecule has 0 bridgehead atoms. The van der Waals surface area contributed by atoms with Crippen LogP contribution in [-0.2, 0) is 22.7 Å². The van der Waals surface area contributed by atoms with Crippen molar-refractivity contribution in [2.24, 2.45) is 0 Å². The standard InChI is InChI=1S/C30H26N2O3S/c1-20-26(29(33)35-19-22-12-6-3-7-13-22)28(32-30(36)31-20)27-24-15-9-8-14-23(24)16-17-25(27)34-18-21-10-4-2-5-11-21/h2-17,28H,18-19H2,1H3,(H2,31,32,36)/t28-/m1/s1. The number of esters is 1. The zero-order chi connectivity index (χ0) is 24.9. The molecule has 1 heterocycles. The van der Waals surface area contributed by atoms with Crippen LogP contribution in [0, 0.1) is 0 Å². The van der Waals surface area contributed by atoms with E-state index in [1.54, 1.807) is 0 Å². The molecular formula is C30H26N2O3S. The molecule has 0 saturated carbocycles. The van der Waals surface area contributed by atoms with Gasteiger partial charge in [-0.05, 0) is 47.1 Å². The molecule has 1 atom stereocenters. The Labute approximate surface area is 215 Å². The lowest BCUT2D eigenvalue weighted by Crippen LogP contribution is -2.45. The van der Waals surface area contributed by atoms with Crippen LogP contribution in [0.15, 0.2) is 108 Å². The Balaban J connectivity index is 1.54. The largest absolute Gasteiger partial charge is 0.489 e. The molecule has 1 aliphatic heterocycles. The summed E-state index contributed by atoms with van der Waals surface area (Å²) in [6.45, 7) is 2.42. The van der Waals surface area contributed by atoms with E-state index in [2.05, 4.69) is 10.6 Å². The van der Waals surface area contributed by atoms with Crippen LogP contribution < -0.4 is 15.4 Å². The van der Waals surface area contributed by atoms with E-state index in [4.69, 9.17) is 21.7 Å². The number of benzene rings is 4. The number of rotatable bonds is 7. The van der Waals surface area contributed by atoms with Gasteiger partial charge in [-0.2, -0.15) is 0 Å². The maximum Gasteiger partial charge on any atom is 0.338 e. The van der Waals surface area contributed by atoms with Crippen LogP contribution in [0.5, 0.6) is 5.75 Å². The highest BCUT2D eigenvalue weighted by Gasteiger charge is 2.34. The fourth-order valence-corrected chi connectivity index (χ4v) is 4.69. The summed E-state index contributed by atoms with van der Waals surface area (Å²) >= 11 is 5.50. The van der Waals surface area contributed by atoms with Crippen LogP contribution in [0.1, 0.15) is 29.7 Å². The second-order valence-corrected chi connectivity index (χ2v) is 9.01. The summed E-state index contributed by atoms with van der Waals surface area (Å²) < 4.78 is 12.1. The third-order valence-electron chi connectivity index (χ3n) is 6.16. The van der Waals surface area contributed by atoms with E-state index >= 15 is 0 Å². The molecule has 5 rings (SSSR count). The van der Waals surface area contributed by atoms with Crippen molar-refractivity contribution in [3.05, 3.63) is 125 Å². The zero-order valence-electron chi connectivity index (χ0n) is 19.9. The van der Waals surface area contributed by atoms with Gasteiger partial charge in [0.1, 0.15) is 19.0 Å². The number of hydrogen-bond donors (Lipinski definition) is 2. The number of hydrogen-bond acceptors (Lipinski definition) is 4. The molecule has 6 heteroatoms. The molecule has 180 valence electrons. The topological polar surface area (TPSA) is 59.6 Å². The molecule has 0 aromatic heterocycles. The lowest BCUT2D eigenvalue weighted by atomic mass is 9.90. The van der Waals surface area contributed by atoms with Gasteiger partial charge < -0.3 is 20.1 Å². The Morgan fingerprint density at radius 2 is 1.47 bits per heavy atom. The summed E-state index contributed by atoms with van der Waals surface area (Å²) in [5.41, 5.74) is 3.95. The van der Waals surface area contributed by atoms with E-state index < -0.39 is 12.0 Å². The van der Waals surface area contributed by atoms with Gasteiger partial charge >= 0.3 is 5.97 Å². The fourth-order valence-electron chi connectivity index (χ4n) is 4.42. The molecule has 4 aromatic carbocycles. The monoisotopic (exact) mass is 494 g/mol. The molecule has 0 radical (unpaired) electrons. The summed E-state index contributed by atoms with van der Waals surface area (Å²) in [5.74, 6) is 0.270. The predicted octanol–water partition coefficient (Wildman–Crippen LogP) is 5.96. The lowest BCUT2D eigenvalue weighted by molar-refractivity contribution is -0.140. The predicted molar refractivity (Wildman–Crippen MR) is 145 cm³/mol. The van der Waals surface area contributed by atoms with Gasteiger partial charge in [-0.25, -0.2) is 4.79 Å². The molecule has 0 saturated heterocycles. The van der Waals surface area contributed by atoms with E-state index in [0.717, 1.165) is 27.5 Å². The Morgan fingerprint density at radius 3 is 2.19 bits per heavy atom. The minimum absolute atomic E-state index is 0.181. The van der Waals surface area contributed by atoms with Crippen molar-refractivity contribution >= 4 is 34.1 Å². The third kappa shape index (κ3) is 5.09. The van der Waals surface area contributed by atoms with E-state index in [1.165, 1.54) is 0 Å². The summed E-state index contributed by atoms with van der Waals surface area (Å²) in [7, 11) is 0. The molecule has 0 fully saturated rings. The molecule has 4 aromatic rings. The van der Waals surface area contributed by atoms with E-state index in [0.29, 0.717) is 28.7 Å². The molecule has 2 N–H and O–H groups in total. The Hall–Kier alpha value is -4.16.